The zero-order valence-corrected chi connectivity index (χ0v) is 14.9. The summed E-state index contributed by atoms with van der Waals surface area (Å²) in [5.74, 6) is -1.03. The third-order valence-corrected chi connectivity index (χ3v) is 3.67. The van der Waals surface area contributed by atoms with Gasteiger partial charge < -0.3 is 9.47 Å². The summed E-state index contributed by atoms with van der Waals surface area (Å²) < 4.78 is 10.1. The van der Waals surface area contributed by atoms with Gasteiger partial charge in [-0.25, -0.2) is 14.6 Å². The molecule has 0 amide bonds. The molecule has 0 spiro atoms. The molecule has 0 aliphatic rings. The summed E-state index contributed by atoms with van der Waals surface area (Å²) in [6.45, 7) is 4.60. The average molecular weight is 335 g/mol. The minimum atomic E-state index is -0.532. The van der Waals surface area contributed by atoms with Crippen LogP contribution in [0, 0.1) is 0 Å². The van der Waals surface area contributed by atoms with Crippen LogP contribution >= 0.6 is 0 Å². The van der Waals surface area contributed by atoms with E-state index in [2.05, 4.69) is 11.9 Å². The van der Waals surface area contributed by atoms with Gasteiger partial charge in [-0.1, -0.05) is 57.9 Å². The Hall–Kier alpha value is -1.91. The molecule has 5 heteroatoms. The first kappa shape index (κ1) is 20.1. The molecule has 24 heavy (non-hydrogen) atoms. The number of ether oxygens (including phenoxy) is 2. The van der Waals surface area contributed by atoms with Crippen LogP contribution in [0.5, 0.6) is 0 Å². The predicted octanol–water partition coefficient (Wildman–Crippen LogP) is 4.56. The molecule has 1 heterocycles. The Morgan fingerprint density at radius 3 is 1.96 bits per heavy atom. The van der Waals surface area contributed by atoms with Gasteiger partial charge in [-0.2, -0.15) is 0 Å². The maximum absolute atomic E-state index is 11.9. The van der Waals surface area contributed by atoms with Gasteiger partial charge in [0.2, 0.25) is 0 Å². The highest BCUT2D eigenvalue weighted by molar-refractivity contribution is 5.91. The Kier molecular flexibility index (Phi) is 10.5. The summed E-state index contributed by atoms with van der Waals surface area (Å²) in [5.41, 5.74) is 0.262. The molecule has 1 aromatic rings. The second-order valence-corrected chi connectivity index (χ2v) is 5.74. The van der Waals surface area contributed by atoms with Crippen molar-refractivity contribution < 1.29 is 19.1 Å². The number of hydrogen-bond donors (Lipinski definition) is 0. The summed E-state index contributed by atoms with van der Waals surface area (Å²) in [6, 6.07) is 4.66. The van der Waals surface area contributed by atoms with Crippen LogP contribution in [-0.4, -0.2) is 30.1 Å². The van der Waals surface area contributed by atoms with Gasteiger partial charge in [0.05, 0.1) is 13.2 Å². The van der Waals surface area contributed by atoms with Crippen molar-refractivity contribution in [2.24, 2.45) is 0 Å². The lowest BCUT2D eigenvalue weighted by molar-refractivity contribution is 0.0488. The molecule has 134 valence electrons. The third-order valence-electron chi connectivity index (χ3n) is 3.67. The number of hydrogen-bond acceptors (Lipinski definition) is 5. The van der Waals surface area contributed by atoms with E-state index in [-0.39, 0.29) is 18.0 Å². The molecule has 1 aromatic heterocycles. The van der Waals surface area contributed by atoms with E-state index in [0.717, 1.165) is 12.8 Å². The maximum atomic E-state index is 11.9. The zero-order valence-electron chi connectivity index (χ0n) is 14.9. The van der Waals surface area contributed by atoms with E-state index in [4.69, 9.17) is 9.47 Å². The summed E-state index contributed by atoms with van der Waals surface area (Å²) in [4.78, 5) is 27.6. The van der Waals surface area contributed by atoms with Crippen molar-refractivity contribution in [2.75, 3.05) is 13.2 Å². The molecule has 0 saturated heterocycles. The van der Waals surface area contributed by atoms with Crippen LogP contribution in [0.2, 0.25) is 0 Å². The fourth-order valence-corrected chi connectivity index (χ4v) is 2.34. The molecule has 0 unspecified atom stereocenters. The van der Waals surface area contributed by atoms with Gasteiger partial charge >= 0.3 is 11.9 Å². The molecule has 0 fully saturated rings. The Morgan fingerprint density at radius 1 is 0.833 bits per heavy atom. The van der Waals surface area contributed by atoms with Gasteiger partial charge in [0.25, 0.3) is 0 Å². The number of pyridine rings is 1. The fraction of sp³-hybridized carbons (Fsp3) is 0.632. The highest BCUT2D eigenvalue weighted by Crippen LogP contribution is 2.09. The normalized spacial score (nSPS) is 10.4. The highest BCUT2D eigenvalue weighted by atomic mass is 16.5. The molecular formula is C19H29NO4. The Balaban J connectivity index is 2.23. The van der Waals surface area contributed by atoms with E-state index in [1.807, 2.05) is 0 Å². The van der Waals surface area contributed by atoms with Gasteiger partial charge in [-0.05, 0) is 25.5 Å². The lowest BCUT2D eigenvalue weighted by Gasteiger charge is -2.06. The van der Waals surface area contributed by atoms with Gasteiger partial charge in [0.1, 0.15) is 11.4 Å². The topological polar surface area (TPSA) is 65.5 Å². The summed E-state index contributed by atoms with van der Waals surface area (Å²) in [6.07, 6.45) is 9.53. The van der Waals surface area contributed by atoms with E-state index >= 15 is 0 Å². The molecule has 0 N–H and O–H groups in total. The number of carbonyl (C=O) groups excluding carboxylic acids is 2. The lowest BCUT2D eigenvalue weighted by atomic mass is 10.1. The Bertz CT molecular complexity index is 502. The quantitative estimate of drug-likeness (QED) is 0.414. The van der Waals surface area contributed by atoms with Gasteiger partial charge in [0, 0.05) is 0 Å². The number of esters is 2. The molecular weight excluding hydrogens is 306 g/mol. The van der Waals surface area contributed by atoms with Crippen molar-refractivity contribution in [2.45, 2.75) is 65.2 Å². The molecule has 5 nitrogen and oxygen atoms in total. The molecule has 0 radical (unpaired) electrons. The summed E-state index contributed by atoms with van der Waals surface area (Å²) in [5, 5.41) is 0. The highest BCUT2D eigenvalue weighted by Gasteiger charge is 2.13. The second-order valence-electron chi connectivity index (χ2n) is 5.74. The molecule has 0 aromatic carbocycles. The largest absolute Gasteiger partial charge is 0.461 e. The molecule has 1 rings (SSSR count). The number of carbonyl (C=O) groups is 2. The van der Waals surface area contributed by atoms with Crippen molar-refractivity contribution >= 4 is 11.9 Å². The van der Waals surface area contributed by atoms with Crippen molar-refractivity contribution in [3.05, 3.63) is 29.6 Å². The standard InChI is InChI=1S/C19H29NO4/c1-3-5-6-7-8-9-10-11-15-24-19(22)17-14-12-13-16(20-17)18(21)23-4-2/h12-14H,3-11,15H2,1-2H3. The first-order chi connectivity index (χ1) is 11.7. The van der Waals surface area contributed by atoms with E-state index in [0.29, 0.717) is 6.61 Å². The minimum Gasteiger partial charge on any atom is -0.461 e. The lowest BCUT2D eigenvalue weighted by Crippen LogP contribution is -2.13. The number of nitrogens with zero attached hydrogens (tertiary/aromatic N) is 1. The summed E-state index contributed by atoms with van der Waals surface area (Å²) >= 11 is 0. The molecule has 0 aliphatic carbocycles. The van der Waals surface area contributed by atoms with Crippen LogP contribution in [0.4, 0.5) is 0 Å². The van der Waals surface area contributed by atoms with Crippen molar-refractivity contribution in [1.29, 1.82) is 0 Å². The number of rotatable bonds is 12. The van der Waals surface area contributed by atoms with Crippen molar-refractivity contribution in [3.8, 4) is 0 Å². The predicted molar refractivity (Wildman–Crippen MR) is 93.1 cm³/mol. The molecule has 0 bridgehead atoms. The van der Waals surface area contributed by atoms with Crippen LogP contribution in [0.3, 0.4) is 0 Å². The monoisotopic (exact) mass is 335 g/mol. The van der Waals surface area contributed by atoms with Crippen LogP contribution in [0.15, 0.2) is 18.2 Å². The Morgan fingerprint density at radius 2 is 1.38 bits per heavy atom. The first-order valence-corrected chi connectivity index (χ1v) is 9.00. The zero-order chi connectivity index (χ0) is 17.6. The van der Waals surface area contributed by atoms with Crippen molar-refractivity contribution in [1.82, 2.24) is 4.98 Å². The fourth-order valence-electron chi connectivity index (χ4n) is 2.34. The van der Waals surface area contributed by atoms with E-state index in [1.54, 1.807) is 19.1 Å². The van der Waals surface area contributed by atoms with Crippen LogP contribution in [0.25, 0.3) is 0 Å². The second kappa shape index (κ2) is 12.5. The van der Waals surface area contributed by atoms with Gasteiger partial charge in [-0.15, -0.1) is 0 Å². The third kappa shape index (κ3) is 8.09. The molecule has 0 aliphatic heterocycles. The van der Waals surface area contributed by atoms with Crippen LogP contribution in [-0.2, 0) is 9.47 Å². The molecule has 0 saturated carbocycles. The van der Waals surface area contributed by atoms with Gasteiger partial charge in [0.15, 0.2) is 0 Å². The van der Waals surface area contributed by atoms with Gasteiger partial charge in [-0.3, -0.25) is 0 Å². The van der Waals surface area contributed by atoms with E-state index in [9.17, 15) is 9.59 Å². The molecule has 0 atom stereocenters. The van der Waals surface area contributed by atoms with Crippen LogP contribution < -0.4 is 0 Å². The number of unbranched alkanes of at least 4 members (excludes halogenated alkanes) is 7. The maximum Gasteiger partial charge on any atom is 0.356 e. The minimum absolute atomic E-state index is 0.123. The summed E-state index contributed by atoms with van der Waals surface area (Å²) in [7, 11) is 0. The van der Waals surface area contributed by atoms with E-state index in [1.165, 1.54) is 44.6 Å². The Labute approximate surface area is 144 Å². The van der Waals surface area contributed by atoms with Crippen LogP contribution in [0.1, 0.15) is 86.2 Å². The SMILES string of the molecule is CCCCCCCCCCOC(=O)c1cccc(C(=O)OCC)n1. The smallest absolute Gasteiger partial charge is 0.356 e. The number of aromatic nitrogens is 1. The first-order valence-electron chi connectivity index (χ1n) is 9.00. The van der Waals surface area contributed by atoms with Crippen molar-refractivity contribution in [3.63, 3.8) is 0 Å². The van der Waals surface area contributed by atoms with E-state index < -0.39 is 11.9 Å². The average Bonchev–Trinajstić information content (AvgIpc) is 2.60.